The number of hydrogen-bond acceptors (Lipinski definition) is 6. The van der Waals surface area contributed by atoms with Crippen LogP contribution in [-0.2, 0) is 23.9 Å². The van der Waals surface area contributed by atoms with Gasteiger partial charge < -0.3 is 28.5 Å². The predicted molar refractivity (Wildman–Crippen MR) is 200 cm³/mol. The Morgan fingerprint density at radius 2 is 1.02 bits per heavy atom. The Balaban J connectivity index is 1.87. The van der Waals surface area contributed by atoms with Gasteiger partial charge in [0.1, 0.15) is 30.0 Å². The standard InChI is InChI=1S/C40H60O6Si2/c1-38(2,3)47(7,8)45-36-34(44-33(27-20-28-41)35(42)37(36)46-48(9,10)39(4,5)6)29-43-40(30-21-14-11-15-22-30,31-23-16-12-17-24-31)32-25-18-13-19-26-32/h11-19,21-26,33-37,41-42H,20,27-29H2,1-10H3/t33-,34-,35+,36-,37-/m1/s1. The van der Waals surface area contributed by atoms with Crippen molar-refractivity contribution in [2.45, 2.75) is 127 Å². The molecule has 0 saturated carbocycles. The number of rotatable bonds is 13. The summed E-state index contributed by atoms with van der Waals surface area (Å²) in [5.74, 6) is 0. The van der Waals surface area contributed by atoms with E-state index in [-0.39, 0.29) is 23.3 Å². The van der Waals surface area contributed by atoms with Crippen LogP contribution in [-0.4, -0.2) is 70.6 Å². The average Bonchev–Trinajstić information content (AvgIpc) is 3.03. The first kappa shape index (κ1) is 38.7. The van der Waals surface area contributed by atoms with Gasteiger partial charge in [-0.3, -0.25) is 0 Å². The summed E-state index contributed by atoms with van der Waals surface area (Å²) < 4.78 is 28.6. The van der Waals surface area contributed by atoms with Gasteiger partial charge in [0.25, 0.3) is 0 Å². The molecule has 0 spiro atoms. The van der Waals surface area contributed by atoms with E-state index >= 15 is 0 Å². The van der Waals surface area contributed by atoms with Crippen molar-refractivity contribution >= 4 is 16.6 Å². The van der Waals surface area contributed by atoms with Crippen molar-refractivity contribution in [3.05, 3.63) is 108 Å². The van der Waals surface area contributed by atoms with Crippen LogP contribution in [0.15, 0.2) is 91.0 Å². The molecule has 2 N–H and O–H groups in total. The van der Waals surface area contributed by atoms with E-state index in [0.717, 1.165) is 16.7 Å². The molecule has 48 heavy (non-hydrogen) atoms. The lowest BCUT2D eigenvalue weighted by atomic mass is 9.80. The Morgan fingerprint density at radius 1 is 0.625 bits per heavy atom. The first-order valence-electron chi connectivity index (χ1n) is 17.6. The highest BCUT2D eigenvalue weighted by Crippen LogP contribution is 2.45. The zero-order chi connectivity index (χ0) is 35.4. The van der Waals surface area contributed by atoms with Gasteiger partial charge in [-0.05, 0) is 65.8 Å². The fraction of sp³-hybridized carbons (Fsp3) is 0.550. The normalized spacial score (nSPS) is 22.9. The molecule has 1 saturated heterocycles. The molecule has 0 amide bonds. The van der Waals surface area contributed by atoms with Crippen molar-refractivity contribution in [2.24, 2.45) is 0 Å². The summed E-state index contributed by atoms with van der Waals surface area (Å²) in [4.78, 5) is 0. The first-order valence-corrected chi connectivity index (χ1v) is 23.4. The lowest BCUT2D eigenvalue weighted by molar-refractivity contribution is -0.232. The monoisotopic (exact) mass is 692 g/mol. The summed E-state index contributed by atoms with van der Waals surface area (Å²) in [5.41, 5.74) is 2.07. The van der Waals surface area contributed by atoms with Crippen LogP contribution >= 0.6 is 0 Å². The maximum atomic E-state index is 12.0. The molecule has 6 nitrogen and oxygen atoms in total. The van der Waals surface area contributed by atoms with Crippen molar-refractivity contribution in [2.75, 3.05) is 13.2 Å². The van der Waals surface area contributed by atoms with Crippen LogP contribution < -0.4 is 0 Å². The van der Waals surface area contributed by atoms with Gasteiger partial charge in [-0.1, -0.05) is 133 Å². The average molecular weight is 693 g/mol. The highest BCUT2D eigenvalue weighted by atomic mass is 28.4. The Hall–Kier alpha value is -2.15. The van der Waals surface area contributed by atoms with E-state index in [1.807, 2.05) is 54.6 Å². The van der Waals surface area contributed by atoms with Gasteiger partial charge >= 0.3 is 0 Å². The van der Waals surface area contributed by atoms with E-state index < -0.39 is 52.8 Å². The largest absolute Gasteiger partial charge is 0.408 e. The lowest BCUT2D eigenvalue weighted by Crippen LogP contribution is -2.66. The molecule has 0 bridgehead atoms. The van der Waals surface area contributed by atoms with Crippen molar-refractivity contribution in [3.8, 4) is 0 Å². The van der Waals surface area contributed by atoms with Gasteiger partial charge in [-0.15, -0.1) is 0 Å². The van der Waals surface area contributed by atoms with Crippen LogP contribution in [0.1, 0.15) is 71.1 Å². The Morgan fingerprint density at radius 3 is 1.40 bits per heavy atom. The third-order valence-corrected chi connectivity index (χ3v) is 19.8. The summed E-state index contributed by atoms with van der Waals surface area (Å²) in [6, 6.07) is 31.0. The quantitative estimate of drug-likeness (QED) is 0.138. The maximum absolute atomic E-state index is 12.0. The summed E-state index contributed by atoms with van der Waals surface area (Å²) in [6.45, 7) is 22.4. The second kappa shape index (κ2) is 15.4. The van der Waals surface area contributed by atoms with Gasteiger partial charge in [0.05, 0.1) is 12.7 Å². The van der Waals surface area contributed by atoms with E-state index in [1.165, 1.54) is 0 Å². The topological polar surface area (TPSA) is 77.4 Å². The zero-order valence-corrected chi connectivity index (χ0v) is 32.9. The molecular formula is C40H60O6Si2. The molecule has 1 aliphatic heterocycles. The second-order valence-electron chi connectivity index (χ2n) is 16.3. The highest BCUT2D eigenvalue weighted by Gasteiger charge is 2.54. The molecular weight excluding hydrogens is 633 g/mol. The van der Waals surface area contributed by atoms with Gasteiger partial charge in [-0.2, -0.15) is 0 Å². The van der Waals surface area contributed by atoms with E-state index in [2.05, 4.69) is 104 Å². The zero-order valence-electron chi connectivity index (χ0n) is 30.9. The predicted octanol–water partition coefficient (Wildman–Crippen LogP) is 8.68. The SMILES string of the molecule is CC(C)(C)[Si](C)(C)O[C@@H]1[C@@H](O)[C@@H](CCCO)O[C@H](COC(c2ccccc2)(c2ccccc2)c2ccccc2)[C@H]1O[Si](C)(C)C(C)(C)C. The fourth-order valence-corrected chi connectivity index (χ4v) is 8.58. The molecule has 0 radical (unpaired) electrons. The van der Waals surface area contributed by atoms with Crippen LogP contribution in [0.4, 0.5) is 0 Å². The third kappa shape index (κ3) is 8.41. The number of hydrogen-bond donors (Lipinski definition) is 2. The van der Waals surface area contributed by atoms with Crippen molar-refractivity contribution < 1.29 is 28.5 Å². The maximum Gasteiger partial charge on any atom is 0.192 e. The summed E-state index contributed by atoms with van der Waals surface area (Å²) in [7, 11) is -4.77. The molecule has 1 fully saturated rings. The van der Waals surface area contributed by atoms with Gasteiger partial charge in [0, 0.05) is 6.61 Å². The van der Waals surface area contributed by atoms with Crippen LogP contribution in [0.3, 0.4) is 0 Å². The molecule has 0 unspecified atom stereocenters. The lowest BCUT2D eigenvalue weighted by Gasteiger charge is -2.52. The molecule has 4 rings (SSSR count). The molecule has 1 aliphatic rings. The summed E-state index contributed by atoms with van der Waals surface area (Å²) in [5, 5.41) is 21.6. The van der Waals surface area contributed by atoms with Gasteiger partial charge in [0.2, 0.25) is 0 Å². The number of aliphatic hydroxyl groups excluding tert-OH is 2. The van der Waals surface area contributed by atoms with E-state index in [9.17, 15) is 10.2 Å². The number of ether oxygens (including phenoxy) is 2. The van der Waals surface area contributed by atoms with E-state index in [0.29, 0.717) is 12.8 Å². The molecule has 0 aromatic heterocycles. The Bertz CT molecular complexity index is 1310. The minimum absolute atomic E-state index is 0.0184. The van der Waals surface area contributed by atoms with Crippen molar-refractivity contribution in [1.29, 1.82) is 0 Å². The fourth-order valence-electron chi connectivity index (χ4n) is 5.95. The van der Waals surface area contributed by atoms with Crippen molar-refractivity contribution in [3.63, 3.8) is 0 Å². The summed E-state index contributed by atoms with van der Waals surface area (Å²) in [6.07, 6.45) is -2.18. The van der Waals surface area contributed by atoms with Gasteiger partial charge in [-0.25, -0.2) is 0 Å². The number of benzene rings is 3. The van der Waals surface area contributed by atoms with Gasteiger partial charge in [0.15, 0.2) is 16.6 Å². The van der Waals surface area contributed by atoms with Crippen molar-refractivity contribution in [1.82, 2.24) is 0 Å². The van der Waals surface area contributed by atoms with E-state index in [4.69, 9.17) is 18.3 Å². The van der Waals surface area contributed by atoms with Crippen LogP contribution in [0.2, 0.25) is 36.3 Å². The Kier molecular flexibility index (Phi) is 12.4. The molecule has 8 heteroatoms. The summed E-state index contributed by atoms with van der Waals surface area (Å²) >= 11 is 0. The van der Waals surface area contributed by atoms with Crippen LogP contribution in [0.25, 0.3) is 0 Å². The van der Waals surface area contributed by atoms with Crippen LogP contribution in [0.5, 0.6) is 0 Å². The molecule has 1 heterocycles. The molecule has 264 valence electrons. The highest BCUT2D eigenvalue weighted by molar-refractivity contribution is 6.74. The second-order valence-corrected chi connectivity index (χ2v) is 25.9. The van der Waals surface area contributed by atoms with Crippen LogP contribution in [0, 0.1) is 0 Å². The number of aliphatic hydroxyl groups is 2. The Labute approximate surface area is 292 Å². The molecule has 5 atom stereocenters. The third-order valence-electron chi connectivity index (χ3n) is 10.9. The minimum atomic E-state index is -2.39. The van der Waals surface area contributed by atoms with E-state index in [1.54, 1.807) is 0 Å². The molecule has 0 aliphatic carbocycles. The smallest absolute Gasteiger partial charge is 0.192 e. The molecule has 3 aromatic rings. The molecule has 3 aromatic carbocycles. The first-order chi connectivity index (χ1) is 22.4. The minimum Gasteiger partial charge on any atom is -0.408 e.